The van der Waals surface area contributed by atoms with E-state index < -0.39 is 60.7 Å². The first-order valence-electron chi connectivity index (χ1n) is 5.38. The average molecular weight is 313 g/mol. The zero-order valence-electron chi connectivity index (χ0n) is 11.0. The van der Waals surface area contributed by atoms with E-state index in [1.165, 1.54) is 0 Å². The van der Waals surface area contributed by atoms with Crippen LogP contribution in [0.25, 0.3) is 0 Å². The molecule has 0 amide bonds. The van der Waals surface area contributed by atoms with E-state index in [4.69, 9.17) is 10.8 Å². The van der Waals surface area contributed by atoms with Gasteiger partial charge in [0.1, 0.15) is 6.10 Å². The fourth-order valence-electron chi connectivity index (χ4n) is 1.34. The molecule has 0 aliphatic carbocycles. The van der Waals surface area contributed by atoms with Gasteiger partial charge >= 0.3 is 41.5 Å². The Morgan fingerprint density at radius 2 is 2.05 bits per heavy atom. The third-order valence-corrected chi connectivity index (χ3v) is 2.37. The Morgan fingerprint density at radius 1 is 1.48 bits per heavy atom. The van der Waals surface area contributed by atoms with Gasteiger partial charge in [-0.1, -0.05) is 0 Å². The molecule has 3 atom stereocenters. The molecule has 0 spiro atoms. The summed E-state index contributed by atoms with van der Waals surface area (Å²) in [5.41, 5.74) is 5.05. The summed E-state index contributed by atoms with van der Waals surface area (Å²) in [6.45, 7) is -0.829. The summed E-state index contributed by atoms with van der Waals surface area (Å²) in [4.78, 5) is 32.8. The summed E-state index contributed by atoms with van der Waals surface area (Å²) in [5, 5.41) is 37.8. The summed E-state index contributed by atoms with van der Waals surface area (Å²) in [7, 11) is 0. The number of esters is 2. The second-order valence-electron chi connectivity index (χ2n) is 3.89. The number of nitrogens with two attached hydrogens (primary N) is 1. The fraction of sp³-hybridized carbons (Fsp3) is 0.500. The average Bonchev–Trinajstić information content (AvgIpc) is 2.65. The Hall–Kier alpha value is -1.17. The first-order valence-corrected chi connectivity index (χ1v) is 5.38. The Balaban J connectivity index is 0.00000400. The van der Waals surface area contributed by atoms with Gasteiger partial charge in [-0.25, -0.2) is 4.79 Å². The van der Waals surface area contributed by atoms with Crippen LogP contribution in [0.1, 0.15) is 6.42 Å². The summed E-state index contributed by atoms with van der Waals surface area (Å²) in [5.74, 6) is -5.90. The third-order valence-electron chi connectivity index (χ3n) is 2.37. The van der Waals surface area contributed by atoms with Crippen LogP contribution in [-0.2, 0) is 23.9 Å². The predicted octanol–water partition coefficient (Wildman–Crippen LogP) is -6.95. The molecule has 112 valence electrons. The van der Waals surface area contributed by atoms with Crippen LogP contribution in [-0.4, -0.2) is 58.1 Å². The minimum atomic E-state index is -1.69. The summed E-state index contributed by atoms with van der Waals surface area (Å²) in [6.07, 6.45) is -3.98. The van der Waals surface area contributed by atoms with Gasteiger partial charge in [-0.3, -0.25) is 4.79 Å². The molecule has 1 aliphatic rings. The van der Waals surface area contributed by atoms with E-state index >= 15 is 0 Å². The molecule has 0 unspecified atom stereocenters. The number of hydrogen-bond acceptors (Lipinski definition) is 10. The minimum absolute atomic E-state index is 0. The quantitative estimate of drug-likeness (QED) is 0.272. The number of ether oxygens (including phenoxy) is 2. The summed E-state index contributed by atoms with van der Waals surface area (Å²) in [6, 6.07) is -1.63. The van der Waals surface area contributed by atoms with E-state index in [9.17, 15) is 29.7 Å². The Bertz CT molecular complexity index is 463. The molecule has 0 saturated carbocycles. The summed E-state index contributed by atoms with van der Waals surface area (Å²) < 4.78 is 9.04. The minimum Gasteiger partial charge on any atom is -0.548 e. The Morgan fingerprint density at radius 3 is 2.52 bits per heavy atom. The smallest absolute Gasteiger partial charge is 0.548 e. The number of rotatable bonds is 6. The van der Waals surface area contributed by atoms with Crippen molar-refractivity contribution in [1.82, 2.24) is 0 Å². The molecule has 1 aliphatic heterocycles. The molecule has 0 aromatic heterocycles. The van der Waals surface area contributed by atoms with Crippen LogP contribution in [0.4, 0.5) is 0 Å². The number of carboxylic acid groups (broad SMARTS) is 1. The maximum absolute atomic E-state index is 11.4. The van der Waals surface area contributed by atoms with E-state index in [0.717, 1.165) is 0 Å². The first-order chi connectivity index (χ1) is 9.27. The zero-order valence-corrected chi connectivity index (χ0v) is 13.0. The second kappa shape index (κ2) is 8.32. The molecule has 0 radical (unpaired) electrons. The molecule has 21 heavy (non-hydrogen) atoms. The van der Waals surface area contributed by atoms with Crippen molar-refractivity contribution in [3.8, 4) is 0 Å². The number of carboxylic acids is 1. The van der Waals surface area contributed by atoms with Crippen LogP contribution in [0.2, 0.25) is 0 Å². The molecular formula is C10H12NNaO9. The number of aliphatic carboxylic acids is 1. The van der Waals surface area contributed by atoms with Crippen molar-refractivity contribution in [1.29, 1.82) is 0 Å². The molecule has 0 aromatic rings. The van der Waals surface area contributed by atoms with Gasteiger partial charge in [-0.2, -0.15) is 0 Å². The van der Waals surface area contributed by atoms with Gasteiger partial charge in [0, 0.05) is 0 Å². The number of hydrogen-bond donors (Lipinski definition) is 4. The Labute approximate surface area is 140 Å². The molecule has 5 N–H and O–H groups in total. The number of carbonyl (C=O) groups is 3. The van der Waals surface area contributed by atoms with E-state index in [2.05, 4.69) is 9.47 Å². The monoisotopic (exact) mass is 313 g/mol. The first kappa shape index (κ1) is 19.8. The second-order valence-corrected chi connectivity index (χ2v) is 3.89. The molecule has 1 rings (SSSR count). The van der Waals surface area contributed by atoms with Crippen LogP contribution in [0, 0.1) is 0 Å². The van der Waals surface area contributed by atoms with Crippen LogP contribution >= 0.6 is 0 Å². The van der Waals surface area contributed by atoms with Gasteiger partial charge in [0.2, 0.25) is 11.5 Å². The van der Waals surface area contributed by atoms with Gasteiger partial charge in [-0.15, -0.1) is 0 Å². The number of carbonyl (C=O) groups excluding carboxylic acids is 3. The van der Waals surface area contributed by atoms with Gasteiger partial charge in [0.05, 0.1) is 25.0 Å². The van der Waals surface area contributed by atoms with Crippen molar-refractivity contribution in [3.63, 3.8) is 0 Å². The van der Waals surface area contributed by atoms with Crippen molar-refractivity contribution in [2.24, 2.45) is 5.73 Å². The van der Waals surface area contributed by atoms with Gasteiger partial charge in [0.25, 0.3) is 0 Å². The van der Waals surface area contributed by atoms with E-state index in [1.807, 2.05) is 0 Å². The molecule has 0 aromatic carbocycles. The fourth-order valence-corrected chi connectivity index (χ4v) is 1.34. The summed E-state index contributed by atoms with van der Waals surface area (Å²) >= 11 is 0. The molecular weight excluding hydrogens is 301 g/mol. The molecule has 0 saturated heterocycles. The van der Waals surface area contributed by atoms with Gasteiger partial charge in [-0.05, 0) is 0 Å². The molecule has 1 heterocycles. The molecule has 0 bridgehead atoms. The molecule has 11 heteroatoms. The van der Waals surface area contributed by atoms with Crippen molar-refractivity contribution in [2.75, 3.05) is 6.61 Å². The number of cyclic esters (lactones) is 1. The standard InChI is InChI=1S/C10H13NO9.Na/c11-3(9(16)17)1-5(14)19-8-6(15)10(18)20-7(8)4(13)2-12;/h3-4,7,12-13,15H,1-2,11H2,(H,16,17);/q;+1/p-1/t3-,4-,7+;/m0./s1. The van der Waals surface area contributed by atoms with E-state index in [0.29, 0.717) is 0 Å². The van der Waals surface area contributed by atoms with Crippen LogP contribution in [0.3, 0.4) is 0 Å². The largest absolute Gasteiger partial charge is 1.00 e. The van der Waals surface area contributed by atoms with Crippen LogP contribution in [0.5, 0.6) is 0 Å². The van der Waals surface area contributed by atoms with Crippen molar-refractivity contribution in [2.45, 2.75) is 24.7 Å². The predicted molar refractivity (Wildman–Crippen MR) is 56.3 cm³/mol. The van der Waals surface area contributed by atoms with Gasteiger partial charge < -0.3 is 40.4 Å². The topological polar surface area (TPSA) is 179 Å². The number of aliphatic hydroxyl groups is 3. The molecule has 10 nitrogen and oxygen atoms in total. The van der Waals surface area contributed by atoms with Gasteiger partial charge in [0.15, 0.2) is 6.10 Å². The SMILES string of the molecule is N[C@@H](CC(=O)OC1=C(O)C(=O)O[C@@H]1[C@@H](O)CO)C(=O)[O-].[Na+]. The van der Waals surface area contributed by atoms with Crippen molar-refractivity contribution >= 4 is 17.9 Å². The van der Waals surface area contributed by atoms with Crippen LogP contribution < -0.4 is 40.4 Å². The Kier molecular flexibility index (Phi) is 7.85. The zero-order chi connectivity index (χ0) is 15.4. The van der Waals surface area contributed by atoms with E-state index in [-0.39, 0.29) is 29.6 Å². The third kappa shape index (κ3) is 4.95. The van der Waals surface area contributed by atoms with E-state index in [1.54, 1.807) is 0 Å². The van der Waals surface area contributed by atoms with Crippen molar-refractivity contribution < 1.29 is 73.8 Å². The van der Waals surface area contributed by atoms with Crippen LogP contribution in [0.15, 0.2) is 11.5 Å². The maximum atomic E-state index is 11.4. The van der Waals surface area contributed by atoms with Crippen molar-refractivity contribution in [3.05, 3.63) is 11.5 Å². The molecule has 0 fully saturated rings. The number of aliphatic hydroxyl groups excluding tert-OH is 3. The normalized spacial score (nSPS) is 20.3. The maximum Gasteiger partial charge on any atom is 1.00 e.